The van der Waals surface area contributed by atoms with Crippen LogP contribution in [0.25, 0.3) is 0 Å². The van der Waals surface area contributed by atoms with E-state index in [-0.39, 0.29) is 11.2 Å². The monoisotopic (exact) mass is 314 g/mol. The van der Waals surface area contributed by atoms with Crippen LogP contribution in [0.1, 0.15) is 6.92 Å². The first-order chi connectivity index (χ1) is 10.0. The van der Waals surface area contributed by atoms with Gasteiger partial charge in [0.2, 0.25) is 23.1 Å². The van der Waals surface area contributed by atoms with Crippen LogP contribution in [0, 0.1) is 0 Å². The number of ether oxygens (including phenoxy) is 1. The van der Waals surface area contributed by atoms with Gasteiger partial charge in [-0.25, -0.2) is 0 Å². The first kappa shape index (κ1) is 15.7. The summed E-state index contributed by atoms with van der Waals surface area (Å²) in [6.07, 6.45) is 0. The topological polar surface area (TPSA) is 83.5 Å². The third-order valence-corrected chi connectivity index (χ3v) is 3.19. The summed E-state index contributed by atoms with van der Waals surface area (Å²) in [5.74, 6) is 0.726. The Hall–Kier alpha value is -1.67. The molecule has 0 aliphatic carbocycles. The molecular formula is C12H19ClN6O2. The van der Waals surface area contributed by atoms with Gasteiger partial charge >= 0.3 is 0 Å². The number of nitrogens with one attached hydrogen (secondary N) is 1. The number of amides is 1. The zero-order valence-corrected chi connectivity index (χ0v) is 13.1. The summed E-state index contributed by atoms with van der Waals surface area (Å²) in [6.45, 7) is 3.76. The number of hydrogen-bond acceptors (Lipinski definition) is 7. The minimum atomic E-state index is -0.466. The van der Waals surface area contributed by atoms with Crippen LogP contribution in [0.15, 0.2) is 0 Å². The van der Waals surface area contributed by atoms with E-state index in [9.17, 15) is 4.79 Å². The molecule has 1 aliphatic heterocycles. The molecule has 1 fully saturated rings. The van der Waals surface area contributed by atoms with Crippen LogP contribution in [0.2, 0.25) is 5.28 Å². The molecule has 2 rings (SSSR count). The minimum Gasteiger partial charge on any atom is -0.377 e. The van der Waals surface area contributed by atoms with Gasteiger partial charge in [0, 0.05) is 27.2 Å². The number of rotatable bonds is 4. The molecule has 1 N–H and O–H groups in total. The summed E-state index contributed by atoms with van der Waals surface area (Å²) < 4.78 is 5.39. The molecule has 1 amide bonds. The number of hydrogen-bond donors (Lipinski definition) is 1. The molecule has 0 aromatic carbocycles. The van der Waals surface area contributed by atoms with Gasteiger partial charge in [0.25, 0.3) is 0 Å². The summed E-state index contributed by atoms with van der Waals surface area (Å²) in [4.78, 5) is 28.2. The smallest absolute Gasteiger partial charge is 0.245 e. The maximum atomic E-state index is 12.1. The van der Waals surface area contributed by atoms with E-state index >= 15 is 0 Å². The largest absolute Gasteiger partial charge is 0.377 e. The Morgan fingerprint density at radius 1 is 1.48 bits per heavy atom. The van der Waals surface area contributed by atoms with Crippen molar-refractivity contribution in [2.45, 2.75) is 13.0 Å². The Labute approximate surface area is 128 Å². The summed E-state index contributed by atoms with van der Waals surface area (Å²) in [6, 6.07) is -0.466. The minimum absolute atomic E-state index is 0.102. The van der Waals surface area contributed by atoms with Crippen LogP contribution >= 0.6 is 11.6 Å². The number of halogens is 1. The number of carbonyl (C=O) groups excluding carboxylic acids is 1. The Kier molecular flexibility index (Phi) is 5.13. The Morgan fingerprint density at radius 3 is 2.90 bits per heavy atom. The second-order valence-corrected chi connectivity index (χ2v) is 5.12. The van der Waals surface area contributed by atoms with Crippen molar-refractivity contribution in [3.63, 3.8) is 0 Å². The molecule has 1 unspecified atom stereocenters. The molecule has 116 valence electrons. The molecule has 0 bridgehead atoms. The molecule has 2 heterocycles. The van der Waals surface area contributed by atoms with Gasteiger partial charge in [-0.15, -0.1) is 0 Å². The molecule has 0 saturated carbocycles. The number of carbonyl (C=O) groups is 1. The standard InChI is InChI=1S/C12H19ClN6O2/c1-4-14-9(20)8-7-21-6-5-19(8)12-16-10(13)15-11(17-12)18(2)3/h8H,4-7H2,1-3H3,(H,14,20). The summed E-state index contributed by atoms with van der Waals surface area (Å²) in [7, 11) is 3.63. The number of morpholine rings is 1. The molecule has 1 aliphatic rings. The quantitative estimate of drug-likeness (QED) is 0.833. The third-order valence-electron chi connectivity index (χ3n) is 3.02. The average molecular weight is 315 g/mol. The fraction of sp³-hybridized carbons (Fsp3) is 0.667. The van der Waals surface area contributed by atoms with Gasteiger partial charge in [0.05, 0.1) is 13.2 Å². The van der Waals surface area contributed by atoms with Crippen LogP contribution in [-0.4, -0.2) is 67.3 Å². The average Bonchev–Trinajstić information content (AvgIpc) is 2.46. The van der Waals surface area contributed by atoms with Gasteiger partial charge in [-0.1, -0.05) is 0 Å². The molecule has 0 radical (unpaired) electrons. The second kappa shape index (κ2) is 6.86. The van der Waals surface area contributed by atoms with E-state index in [1.807, 2.05) is 21.0 Å². The van der Waals surface area contributed by atoms with Gasteiger partial charge in [0.1, 0.15) is 6.04 Å². The normalized spacial score (nSPS) is 18.5. The zero-order chi connectivity index (χ0) is 15.4. The molecule has 0 spiro atoms. The van der Waals surface area contributed by atoms with Crippen molar-refractivity contribution in [1.82, 2.24) is 20.3 Å². The fourth-order valence-electron chi connectivity index (χ4n) is 2.01. The van der Waals surface area contributed by atoms with Crippen LogP contribution in [0.3, 0.4) is 0 Å². The summed E-state index contributed by atoms with van der Waals surface area (Å²) in [5, 5.41) is 2.89. The van der Waals surface area contributed by atoms with Crippen molar-refractivity contribution in [2.24, 2.45) is 0 Å². The third kappa shape index (κ3) is 3.70. The van der Waals surface area contributed by atoms with E-state index in [1.165, 1.54) is 0 Å². The number of likely N-dealkylation sites (N-methyl/N-ethyl adjacent to an activating group) is 1. The SMILES string of the molecule is CCNC(=O)C1COCCN1c1nc(Cl)nc(N(C)C)n1. The lowest BCUT2D eigenvalue weighted by Gasteiger charge is -2.34. The van der Waals surface area contributed by atoms with E-state index in [2.05, 4.69) is 20.3 Å². The van der Waals surface area contributed by atoms with E-state index in [4.69, 9.17) is 16.3 Å². The Bertz CT molecular complexity index is 513. The molecule has 9 heteroatoms. The maximum Gasteiger partial charge on any atom is 0.245 e. The molecule has 8 nitrogen and oxygen atoms in total. The highest BCUT2D eigenvalue weighted by Crippen LogP contribution is 2.19. The molecule has 1 atom stereocenters. The highest BCUT2D eigenvalue weighted by Gasteiger charge is 2.31. The van der Waals surface area contributed by atoms with E-state index in [0.717, 1.165) is 0 Å². The predicted molar refractivity (Wildman–Crippen MR) is 79.8 cm³/mol. The summed E-state index contributed by atoms with van der Waals surface area (Å²) >= 11 is 5.95. The van der Waals surface area contributed by atoms with Gasteiger partial charge in [-0.2, -0.15) is 15.0 Å². The van der Waals surface area contributed by atoms with Crippen LogP contribution in [0.4, 0.5) is 11.9 Å². The molecule has 1 saturated heterocycles. The molecular weight excluding hydrogens is 296 g/mol. The summed E-state index contributed by atoms with van der Waals surface area (Å²) in [5.41, 5.74) is 0. The number of anilines is 2. The number of aromatic nitrogens is 3. The van der Waals surface area contributed by atoms with Crippen molar-refractivity contribution < 1.29 is 9.53 Å². The van der Waals surface area contributed by atoms with E-state index in [0.29, 0.717) is 38.2 Å². The second-order valence-electron chi connectivity index (χ2n) is 4.78. The Balaban J connectivity index is 2.30. The lowest BCUT2D eigenvalue weighted by atomic mass is 10.2. The van der Waals surface area contributed by atoms with Gasteiger partial charge < -0.3 is 19.9 Å². The lowest BCUT2D eigenvalue weighted by molar-refractivity contribution is -0.124. The first-order valence-electron chi connectivity index (χ1n) is 6.74. The van der Waals surface area contributed by atoms with E-state index < -0.39 is 6.04 Å². The molecule has 21 heavy (non-hydrogen) atoms. The zero-order valence-electron chi connectivity index (χ0n) is 12.3. The van der Waals surface area contributed by atoms with Gasteiger partial charge in [-0.3, -0.25) is 4.79 Å². The fourth-order valence-corrected chi connectivity index (χ4v) is 2.16. The predicted octanol–water partition coefficient (Wildman–Crippen LogP) is -0.0677. The van der Waals surface area contributed by atoms with Crippen LogP contribution in [0.5, 0.6) is 0 Å². The van der Waals surface area contributed by atoms with Crippen molar-refractivity contribution >= 4 is 29.4 Å². The van der Waals surface area contributed by atoms with Crippen molar-refractivity contribution in [3.8, 4) is 0 Å². The van der Waals surface area contributed by atoms with Crippen molar-refractivity contribution in [1.29, 1.82) is 0 Å². The first-order valence-corrected chi connectivity index (χ1v) is 7.11. The maximum absolute atomic E-state index is 12.1. The van der Waals surface area contributed by atoms with E-state index in [1.54, 1.807) is 9.80 Å². The highest BCUT2D eigenvalue weighted by molar-refractivity contribution is 6.28. The lowest BCUT2D eigenvalue weighted by Crippen LogP contribution is -2.54. The molecule has 1 aromatic rings. The highest BCUT2D eigenvalue weighted by atomic mass is 35.5. The van der Waals surface area contributed by atoms with Gasteiger partial charge in [-0.05, 0) is 18.5 Å². The molecule has 1 aromatic heterocycles. The van der Waals surface area contributed by atoms with Crippen LogP contribution < -0.4 is 15.1 Å². The number of nitrogens with zero attached hydrogens (tertiary/aromatic N) is 5. The van der Waals surface area contributed by atoms with Crippen molar-refractivity contribution in [3.05, 3.63) is 5.28 Å². The van der Waals surface area contributed by atoms with Gasteiger partial charge in [0.15, 0.2) is 0 Å². The van der Waals surface area contributed by atoms with Crippen LogP contribution in [-0.2, 0) is 9.53 Å². The van der Waals surface area contributed by atoms with Crippen molar-refractivity contribution in [2.75, 3.05) is 50.2 Å². The Morgan fingerprint density at radius 2 is 2.24 bits per heavy atom.